The Morgan fingerprint density at radius 2 is 1.79 bits per heavy atom. The minimum Gasteiger partial charge on any atom is -0.481 e. The van der Waals surface area contributed by atoms with Crippen LogP contribution >= 0.6 is 0 Å². The van der Waals surface area contributed by atoms with Crippen LogP contribution in [-0.2, 0) is 9.59 Å². The zero-order valence-corrected chi connectivity index (χ0v) is 8.16. The Kier molecular flexibility index (Phi) is 3.49. The van der Waals surface area contributed by atoms with Crippen LogP contribution in [0.5, 0.6) is 0 Å². The highest BCUT2D eigenvalue weighted by Gasteiger charge is 2.43. The van der Waals surface area contributed by atoms with Gasteiger partial charge in [0.2, 0.25) is 0 Å². The summed E-state index contributed by atoms with van der Waals surface area (Å²) < 4.78 is 0. The lowest BCUT2D eigenvalue weighted by atomic mass is 9.66. The van der Waals surface area contributed by atoms with Crippen molar-refractivity contribution in [1.82, 2.24) is 0 Å². The maximum atomic E-state index is 10.9. The van der Waals surface area contributed by atoms with E-state index < -0.39 is 17.4 Å². The Balaban J connectivity index is 2.22. The highest BCUT2D eigenvalue weighted by Crippen LogP contribution is 2.45. The number of aliphatic carboxylic acids is 2. The number of carbonyl (C=O) groups is 2. The van der Waals surface area contributed by atoms with Crippen LogP contribution in [0.4, 0.5) is 0 Å². The molecule has 0 amide bonds. The highest BCUT2D eigenvalue weighted by atomic mass is 16.4. The van der Waals surface area contributed by atoms with Gasteiger partial charge in [-0.25, -0.2) is 0 Å². The van der Waals surface area contributed by atoms with Gasteiger partial charge in [-0.1, -0.05) is 12.8 Å². The summed E-state index contributed by atoms with van der Waals surface area (Å²) in [4.78, 5) is 21.1. The van der Waals surface area contributed by atoms with E-state index in [-0.39, 0.29) is 6.42 Å². The molecule has 80 valence electrons. The molecular formula is C10H16O4. The van der Waals surface area contributed by atoms with E-state index >= 15 is 0 Å². The minimum absolute atomic E-state index is 0.149. The van der Waals surface area contributed by atoms with Crippen molar-refractivity contribution in [2.45, 2.75) is 44.9 Å². The number of rotatable bonds is 6. The molecule has 0 atom stereocenters. The predicted octanol–water partition coefficient (Wildman–Crippen LogP) is 1.89. The van der Waals surface area contributed by atoms with Gasteiger partial charge in [0, 0.05) is 6.42 Å². The lowest BCUT2D eigenvalue weighted by Crippen LogP contribution is -2.37. The third kappa shape index (κ3) is 2.47. The van der Waals surface area contributed by atoms with Crippen LogP contribution in [0.15, 0.2) is 0 Å². The standard InChI is InChI=1S/C10H16O4/c11-8(12)4-1-2-5-10(9(13)14)6-3-7-10/h1-7H2,(H,11,12)(H,13,14). The van der Waals surface area contributed by atoms with Crippen LogP contribution < -0.4 is 0 Å². The fourth-order valence-corrected chi connectivity index (χ4v) is 1.91. The maximum Gasteiger partial charge on any atom is 0.309 e. The molecule has 1 fully saturated rings. The Bertz CT molecular complexity index is 230. The van der Waals surface area contributed by atoms with Crippen molar-refractivity contribution in [2.24, 2.45) is 5.41 Å². The van der Waals surface area contributed by atoms with Crippen molar-refractivity contribution in [3.05, 3.63) is 0 Å². The SMILES string of the molecule is O=C(O)CCCCC1(C(=O)O)CCC1. The van der Waals surface area contributed by atoms with Crippen molar-refractivity contribution in [1.29, 1.82) is 0 Å². The Labute approximate surface area is 82.9 Å². The van der Waals surface area contributed by atoms with E-state index in [9.17, 15) is 9.59 Å². The van der Waals surface area contributed by atoms with E-state index in [2.05, 4.69) is 0 Å². The molecule has 1 rings (SSSR count). The van der Waals surface area contributed by atoms with Gasteiger partial charge in [-0.05, 0) is 25.7 Å². The van der Waals surface area contributed by atoms with Gasteiger partial charge in [-0.15, -0.1) is 0 Å². The van der Waals surface area contributed by atoms with E-state index in [0.717, 1.165) is 19.3 Å². The van der Waals surface area contributed by atoms with Crippen LogP contribution in [0.1, 0.15) is 44.9 Å². The zero-order chi connectivity index (χ0) is 10.6. The number of unbranched alkanes of at least 4 members (excludes halogenated alkanes) is 1. The number of hydrogen-bond acceptors (Lipinski definition) is 2. The molecule has 2 N–H and O–H groups in total. The quantitative estimate of drug-likeness (QED) is 0.642. The maximum absolute atomic E-state index is 10.9. The van der Waals surface area contributed by atoms with Gasteiger partial charge in [0.05, 0.1) is 5.41 Å². The van der Waals surface area contributed by atoms with E-state index in [1.165, 1.54) is 0 Å². The second-order valence-corrected chi connectivity index (χ2v) is 4.04. The molecule has 0 unspecified atom stereocenters. The van der Waals surface area contributed by atoms with Crippen molar-refractivity contribution in [2.75, 3.05) is 0 Å². The molecular weight excluding hydrogens is 184 g/mol. The van der Waals surface area contributed by atoms with Gasteiger partial charge in [0.15, 0.2) is 0 Å². The molecule has 0 radical (unpaired) electrons. The van der Waals surface area contributed by atoms with Gasteiger partial charge >= 0.3 is 11.9 Å². The molecule has 1 saturated carbocycles. The fraction of sp³-hybridized carbons (Fsp3) is 0.800. The second kappa shape index (κ2) is 4.44. The van der Waals surface area contributed by atoms with Crippen LogP contribution in [0, 0.1) is 5.41 Å². The molecule has 0 aliphatic heterocycles. The normalized spacial score (nSPS) is 18.6. The Morgan fingerprint density at radius 1 is 1.14 bits per heavy atom. The molecule has 0 bridgehead atoms. The van der Waals surface area contributed by atoms with E-state index in [1.54, 1.807) is 0 Å². The summed E-state index contributed by atoms with van der Waals surface area (Å²) in [5.74, 6) is -1.51. The second-order valence-electron chi connectivity index (χ2n) is 4.04. The van der Waals surface area contributed by atoms with Crippen molar-refractivity contribution in [3.63, 3.8) is 0 Å². The topological polar surface area (TPSA) is 74.6 Å². The summed E-state index contributed by atoms with van der Waals surface area (Å²) >= 11 is 0. The molecule has 0 aromatic rings. The van der Waals surface area contributed by atoms with Crippen LogP contribution in [0.3, 0.4) is 0 Å². The third-order valence-electron chi connectivity index (χ3n) is 3.06. The summed E-state index contributed by atoms with van der Waals surface area (Å²) in [7, 11) is 0. The molecule has 0 aromatic carbocycles. The minimum atomic E-state index is -0.803. The summed E-state index contributed by atoms with van der Waals surface area (Å²) in [6, 6.07) is 0. The molecule has 14 heavy (non-hydrogen) atoms. The largest absolute Gasteiger partial charge is 0.481 e. The number of carboxylic acid groups (broad SMARTS) is 2. The lowest BCUT2D eigenvalue weighted by Gasteiger charge is -2.37. The van der Waals surface area contributed by atoms with Gasteiger partial charge < -0.3 is 10.2 Å². The molecule has 0 spiro atoms. The van der Waals surface area contributed by atoms with Crippen molar-refractivity contribution >= 4 is 11.9 Å². The molecule has 0 aromatic heterocycles. The van der Waals surface area contributed by atoms with Crippen LogP contribution in [-0.4, -0.2) is 22.2 Å². The molecule has 0 saturated heterocycles. The Hall–Kier alpha value is -1.06. The number of carboxylic acids is 2. The molecule has 4 nitrogen and oxygen atoms in total. The molecule has 0 heterocycles. The van der Waals surface area contributed by atoms with Gasteiger partial charge in [0.25, 0.3) is 0 Å². The van der Waals surface area contributed by atoms with E-state index in [1.807, 2.05) is 0 Å². The Morgan fingerprint density at radius 3 is 2.14 bits per heavy atom. The first-order chi connectivity index (χ1) is 6.57. The first-order valence-corrected chi connectivity index (χ1v) is 5.02. The van der Waals surface area contributed by atoms with Crippen molar-refractivity contribution in [3.8, 4) is 0 Å². The average Bonchev–Trinajstić information content (AvgIpc) is 1.99. The number of hydrogen-bond donors (Lipinski definition) is 2. The molecule has 1 aliphatic carbocycles. The first-order valence-electron chi connectivity index (χ1n) is 5.02. The highest BCUT2D eigenvalue weighted by molar-refractivity contribution is 5.75. The van der Waals surface area contributed by atoms with Gasteiger partial charge in [0.1, 0.15) is 0 Å². The summed E-state index contributed by atoms with van der Waals surface area (Å²) in [5.41, 5.74) is -0.515. The molecule has 1 aliphatic rings. The van der Waals surface area contributed by atoms with Crippen LogP contribution in [0.25, 0.3) is 0 Å². The third-order valence-corrected chi connectivity index (χ3v) is 3.06. The van der Waals surface area contributed by atoms with Crippen LogP contribution in [0.2, 0.25) is 0 Å². The average molecular weight is 200 g/mol. The van der Waals surface area contributed by atoms with Gasteiger partial charge in [-0.3, -0.25) is 9.59 Å². The lowest BCUT2D eigenvalue weighted by molar-refractivity contribution is -0.155. The predicted molar refractivity (Wildman–Crippen MR) is 50.0 cm³/mol. The zero-order valence-electron chi connectivity index (χ0n) is 8.16. The van der Waals surface area contributed by atoms with E-state index in [4.69, 9.17) is 10.2 Å². The summed E-state index contributed by atoms with van der Waals surface area (Å²) in [6.07, 6.45) is 4.59. The van der Waals surface area contributed by atoms with Gasteiger partial charge in [-0.2, -0.15) is 0 Å². The fourth-order valence-electron chi connectivity index (χ4n) is 1.91. The first kappa shape index (κ1) is 11.0. The molecule has 4 heteroatoms. The summed E-state index contributed by atoms with van der Waals surface area (Å²) in [5, 5.41) is 17.4. The monoisotopic (exact) mass is 200 g/mol. The summed E-state index contributed by atoms with van der Waals surface area (Å²) in [6.45, 7) is 0. The van der Waals surface area contributed by atoms with Crippen molar-refractivity contribution < 1.29 is 19.8 Å². The smallest absolute Gasteiger partial charge is 0.309 e. The van der Waals surface area contributed by atoms with E-state index in [0.29, 0.717) is 19.3 Å².